The van der Waals surface area contributed by atoms with Gasteiger partial charge in [0.15, 0.2) is 0 Å². The molecule has 1 atom stereocenters. The summed E-state index contributed by atoms with van der Waals surface area (Å²) in [6, 6.07) is 26.0. The third-order valence-corrected chi connectivity index (χ3v) is 6.07. The van der Waals surface area contributed by atoms with Gasteiger partial charge in [-0.1, -0.05) is 72.8 Å². The zero-order valence-electron chi connectivity index (χ0n) is 17.4. The van der Waals surface area contributed by atoms with E-state index in [1.54, 1.807) is 19.1 Å². The van der Waals surface area contributed by atoms with Crippen LogP contribution in [0.2, 0.25) is 0 Å². The Kier molecular flexibility index (Phi) is 7.44. The van der Waals surface area contributed by atoms with Gasteiger partial charge in [-0.2, -0.15) is 0 Å². The number of rotatable bonds is 8. The molecular weight excluding hydrogens is 410 g/mol. The van der Waals surface area contributed by atoms with Gasteiger partial charge >= 0.3 is 6.03 Å². The predicted octanol–water partition coefficient (Wildman–Crippen LogP) is 3.92. The quantitative estimate of drug-likeness (QED) is 0.498. The van der Waals surface area contributed by atoms with E-state index in [2.05, 4.69) is 34.9 Å². The molecule has 0 saturated heterocycles. The molecule has 2 amide bonds. The van der Waals surface area contributed by atoms with E-state index in [1.807, 2.05) is 36.4 Å². The molecule has 1 unspecified atom stereocenters. The maximum atomic E-state index is 12.4. The fourth-order valence-corrected chi connectivity index (χ4v) is 4.09. The number of nitrogens with two attached hydrogens (primary N) is 1. The highest BCUT2D eigenvalue weighted by molar-refractivity contribution is 7.89. The lowest BCUT2D eigenvalue weighted by Crippen LogP contribution is -2.38. The summed E-state index contributed by atoms with van der Waals surface area (Å²) < 4.78 is 23.1. The Bertz CT molecular complexity index is 1060. The summed E-state index contributed by atoms with van der Waals surface area (Å²) in [5.74, 6) is 0.173. The summed E-state index contributed by atoms with van der Waals surface area (Å²) in [4.78, 5) is 12.4. The smallest absolute Gasteiger partial charge is 0.315 e. The number of primary sulfonamides is 1. The normalized spacial score (nSPS) is 12.4. The first-order valence-electron chi connectivity index (χ1n) is 10.1. The van der Waals surface area contributed by atoms with Crippen LogP contribution >= 0.6 is 0 Å². The molecule has 3 aromatic carbocycles. The van der Waals surface area contributed by atoms with Gasteiger partial charge in [0.1, 0.15) is 0 Å². The molecule has 0 saturated carbocycles. The second-order valence-electron chi connectivity index (χ2n) is 7.40. The molecule has 31 heavy (non-hydrogen) atoms. The van der Waals surface area contributed by atoms with E-state index in [1.165, 1.54) is 23.3 Å². The minimum Gasteiger partial charge on any atom is -0.338 e. The number of hydrogen-bond donors (Lipinski definition) is 3. The van der Waals surface area contributed by atoms with Crippen LogP contribution in [0, 0.1) is 0 Å². The third-order valence-electron chi connectivity index (χ3n) is 5.16. The van der Waals surface area contributed by atoms with Crippen LogP contribution in [0.1, 0.15) is 42.0 Å². The highest BCUT2D eigenvalue weighted by atomic mass is 32.2. The SMILES string of the molecule is CC(NC(=O)NCCC(c1ccccc1)c1ccccc1)c1cccc(S(N)(=O)=O)c1. The van der Waals surface area contributed by atoms with E-state index in [4.69, 9.17) is 5.14 Å². The van der Waals surface area contributed by atoms with Crippen molar-refractivity contribution < 1.29 is 13.2 Å². The number of nitrogens with one attached hydrogen (secondary N) is 2. The Morgan fingerprint density at radius 3 is 1.97 bits per heavy atom. The summed E-state index contributed by atoms with van der Waals surface area (Å²) in [5, 5.41) is 10.9. The number of hydrogen-bond acceptors (Lipinski definition) is 3. The van der Waals surface area contributed by atoms with Crippen molar-refractivity contribution in [3.8, 4) is 0 Å². The molecule has 0 aromatic heterocycles. The Morgan fingerprint density at radius 1 is 0.871 bits per heavy atom. The average Bonchev–Trinajstić information content (AvgIpc) is 2.77. The van der Waals surface area contributed by atoms with Crippen molar-refractivity contribution >= 4 is 16.1 Å². The molecular formula is C24H27N3O3S. The first kappa shape index (κ1) is 22.5. The van der Waals surface area contributed by atoms with E-state index < -0.39 is 10.0 Å². The second kappa shape index (κ2) is 10.2. The van der Waals surface area contributed by atoms with Crippen LogP contribution in [0.3, 0.4) is 0 Å². The summed E-state index contributed by atoms with van der Waals surface area (Å²) in [7, 11) is -3.79. The molecule has 0 spiro atoms. The maximum absolute atomic E-state index is 12.4. The molecule has 0 radical (unpaired) electrons. The van der Waals surface area contributed by atoms with Crippen LogP contribution in [0.25, 0.3) is 0 Å². The van der Waals surface area contributed by atoms with Gasteiger partial charge in [0.2, 0.25) is 10.0 Å². The first-order valence-corrected chi connectivity index (χ1v) is 11.7. The van der Waals surface area contributed by atoms with Crippen molar-refractivity contribution in [3.05, 3.63) is 102 Å². The van der Waals surface area contributed by atoms with E-state index in [0.29, 0.717) is 12.1 Å². The highest BCUT2D eigenvalue weighted by Gasteiger charge is 2.16. The summed E-state index contributed by atoms with van der Waals surface area (Å²) >= 11 is 0. The van der Waals surface area contributed by atoms with Gasteiger partial charge in [0.05, 0.1) is 10.9 Å². The molecule has 7 heteroatoms. The largest absolute Gasteiger partial charge is 0.338 e. The van der Waals surface area contributed by atoms with Gasteiger partial charge < -0.3 is 10.6 Å². The summed E-state index contributed by atoms with van der Waals surface area (Å²) in [5.41, 5.74) is 3.06. The molecule has 0 heterocycles. The van der Waals surface area contributed by atoms with Crippen LogP contribution in [0.4, 0.5) is 4.79 Å². The monoisotopic (exact) mass is 437 g/mol. The van der Waals surface area contributed by atoms with Crippen LogP contribution in [-0.2, 0) is 10.0 Å². The van der Waals surface area contributed by atoms with Gasteiger partial charge in [0.25, 0.3) is 0 Å². The Morgan fingerprint density at radius 2 is 1.42 bits per heavy atom. The number of urea groups is 1. The van der Waals surface area contributed by atoms with Gasteiger partial charge in [0, 0.05) is 12.5 Å². The molecule has 0 bridgehead atoms. The predicted molar refractivity (Wildman–Crippen MR) is 122 cm³/mol. The van der Waals surface area contributed by atoms with E-state index >= 15 is 0 Å². The van der Waals surface area contributed by atoms with Crippen molar-refractivity contribution in [1.82, 2.24) is 10.6 Å². The fraction of sp³-hybridized carbons (Fsp3) is 0.208. The van der Waals surface area contributed by atoms with Crippen molar-refractivity contribution in [2.75, 3.05) is 6.54 Å². The minimum atomic E-state index is -3.79. The maximum Gasteiger partial charge on any atom is 0.315 e. The van der Waals surface area contributed by atoms with Gasteiger partial charge in [-0.05, 0) is 42.2 Å². The molecule has 4 N–H and O–H groups in total. The van der Waals surface area contributed by atoms with Gasteiger partial charge in [-0.3, -0.25) is 0 Å². The van der Waals surface area contributed by atoms with E-state index in [-0.39, 0.29) is 22.9 Å². The minimum absolute atomic E-state index is 0.0209. The van der Waals surface area contributed by atoms with Crippen LogP contribution in [0.15, 0.2) is 89.8 Å². The van der Waals surface area contributed by atoms with Crippen molar-refractivity contribution in [1.29, 1.82) is 0 Å². The zero-order chi connectivity index (χ0) is 22.3. The summed E-state index contributed by atoms with van der Waals surface area (Å²) in [6.45, 7) is 2.28. The number of benzene rings is 3. The van der Waals surface area contributed by atoms with Crippen molar-refractivity contribution in [2.24, 2.45) is 5.14 Å². The molecule has 0 aliphatic carbocycles. The number of carbonyl (C=O) groups excluding carboxylic acids is 1. The van der Waals surface area contributed by atoms with Crippen molar-refractivity contribution in [2.45, 2.75) is 30.2 Å². The molecule has 3 aromatic rings. The topological polar surface area (TPSA) is 101 Å². The zero-order valence-corrected chi connectivity index (χ0v) is 18.2. The number of sulfonamides is 1. The average molecular weight is 438 g/mol. The second-order valence-corrected chi connectivity index (χ2v) is 8.96. The molecule has 0 aliphatic rings. The van der Waals surface area contributed by atoms with E-state index in [0.717, 1.165) is 6.42 Å². The van der Waals surface area contributed by atoms with Gasteiger partial charge in [-0.15, -0.1) is 0 Å². The third kappa shape index (κ3) is 6.41. The molecule has 0 aliphatic heterocycles. The fourth-order valence-electron chi connectivity index (χ4n) is 3.52. The number of carbonyl (C=O) groups is 1. The first-order chi connectivity index (χ1) is 14.8. The molecule has 162 valence electrons. The highest BCUT2D eigenvalue weighted by Crippen LogP contribution is 2.27. The summed E-state index contributed by atoms with van der Waals surface area (Å²) in [6.07, 6.45) is 0.747. The van der Waals surface area contributed by atoms with Crippen molar-refractivity contribution in [3.63, 3.8) is 0 Å². The van der Waals surface area contributed by atoms with E-state index in [9.17, 15) is 13.2 Å². The molecule has 3 rings (SSSR count). The van der Waals surface area contributed by atoms with Gasteiger partial charge in [-0.25, -0.2) is 18.4 Å². The van der Waals surface area contributed by atoms with Crippen LogP contribution < -0.4 is 15.8 Å². The number of amides is 2. The lowest BCUT2D eigenvalue weighted by molar-refractivity contribution is 0.237. The Hall–Kier alpha value is -3.16. The lowest BCUT2D eigenvalue weighted by atomic mass is 9.88. The Labute approximate surface area is 183 Å². The van der Waals surface area contributed by atoms with Crippen LogP contribution in [-0.4, -0.2) is 21.0 Å². The lowest BCUT2D eigenvalue weighted by Gasteiger charge is -2.20. The molecule has 0 fully saturated rings. The molecule has 6 nitrogen and oxygen atoms in total. The Balaban J connectivity index is 1.60. The standard InChI is InChI=1S/C24H27N3O3S/c1-18(21-13-8-14-22(17-21)31(25,29)30)27-24(28)26-16-15-23(19-9-4-2-5-10-19)20-11-6-3-7-12-20/h2-14,17-18,23H,15-16H2,1H3,(H2,25,29,30)(H2,26,27,28). The van der Waals surface area contributed by atoms with Crippen LogP contribution in [0.5, 0.6) is 0 Å².